The number of hydrogen-bond acceptors (Lipinski definition) is 6. The summed E-state index contributed by atoms with van der Waals surface area (Å²) in [6.07, 6.45) is 41.3. The van der Waals surface area contributed by atoms with Crippen molar-refractivity contribution >= 4 is 23.8 Å². The van der Waals surface area contributed by atoms with Crippen LogP contribution >= 0.6 is 0 Å². The second-order valence-corrected chi connectivity index (χ2v) is 11.9. The molecule has 276 valence electrons. The van der Waals surface area contributed by atoms with E-state index in [0.717, 1.165) is 96.3 Å². The van der Waals surface area contributed by atoms with E-state index in [-0.39, 0.29) is 30.9 Å². The predicted molar refractivity (Wildman–Crippen MR) is 199 cm³/mol. The maximum atomic E-state index is 12.5. The lowest BCUT2D eigenvalue weighted by molar-refractivity contribution is -0.150. The van der Waals surface area contributed by atoms with Gasteiger partial charge in [0.15, 0.2) is 0 Å². The van der Waals surface area contributed by atoms with Crippen LogP contribution in [0.25, 0.3) is 0 Å². The fraction of sp³-hybridized carbons (Fsp3) is 0.600. The molecule has 2 atom stereocenters. The minimum Gasteiger partial charge on any atom is -0.480 e. The number of ether oxygens (including phenoxy) is 1. The molecule has 0 saturated heterocycles. The molecular weight excluding hydrogens is 620 g/mol. The molecular formula is C40H64N2O7. The van der Waals surface area contributed by atoms with Crippen molar-refractivity contribution in [3.8, 4) is 0 Å². The van der Waals surface area contributed by atoms with Gasteiger partial charge in [0.2, 0.25) is 11.8 Å². The van der Waals surface area contributed by atoms with Crippen LogP contribution in [0.1, 0.15) is 129 Å². The van der Waals surface area contributed by atoms with E-state index in [1.165, 1.54) is 0 Å². The van der Waals surface area contributed by atoms with Crippen molar-refractivity contribution in [3.05, 3.63) is 72.9 Å². The number of rotatable bonds is 31. The number of allylic oxidation sites excluding steroid dienone is 12. The van der Waals surface area contributed by atoms with Gasteiger partial charge in [0.1, 0.15) is 12.1 Å². The number of hydrogen-bond donors (Lipinski definition) is 4. The normalized spacial score (nSPS) is 13.4. The molecule has 9 nitrogen and oxygen atoms in total. The van der Waals surface area contributed by atoms with Crippen LogP contribution in [-0.2, 0) is 23.9 Å². The first-order valence-electron chi connectivity index (χ1n) is 18.3. The Bertz CT molecular complexity index is 1060. The summed E-state index contributed by atoms with van der Waals surface area (Å²) in [7, 11) is 0. The summed E-state index contributed by atoms with van der Waals surface area (Å²) in [4.78, 5) is 47.0. The van der Waals surface area contributed by atoms with Crippen molar-refractivity contribution in [2.24, 2.45) is 0 Å². The monoisotopic (exact) mass is 684 g/mol. The molecule has 0 rings (SSSR count). The molecule has 0 aliphatic rings. The lowest BCUT2D eigenvalue weighted by Gasteiger charge is -2.18. The van der Waals surface area contributed by atoms with Crippen LogP contribution in [0.5, 0.6) is 0 Å². The van der Waals surface area contributed by atoms with E-state index < -0.39 is 24.5 Å². The van der Waals surface area contributed by atoms with Crippen LogP contribution in [0.2, 0.25) is 0 Å². The largest absolute Gasteiger partial charge is 0.480 e. The van der Waals surface area contributed by atoms with Crippen LogP contribution < -0.4 is 10.6 Å². The number of carboxylic acids is 1. The van der Waals surface area contributed by atoms with Gasteiger partial charge in [0.25, 0.3) is 0 Å². The van der Waals surface area contributed by atoms with Crippen LogP contribution in [0.15, 0.2) is 72.9 Å². The Hall–Kier alpha value is -3.72. The van der Waals surface area contributed by atoms with Crippen molar-refractivity contribution in [3.63, 3.8) is 0 Å². The molecule has 49 heavy (non-hydrogen) atoms. The first-order valence-corrected chi connectivity index (χ1v) is 18.3. The summed E-state index contributed by atoms with van der Waals surface area (Å²) in [5.74, 6) is -2.47. The minimum atomic E-state index is -1.40. The van der Waals surface area contributed by atoms with Crippen molar-refractivity contribution in [2.75, 3.05) is 13.2 Å². The molecule has 0 fully saturated rings. The van der Waals surface area contributed by atoms with Gasteiger partial charge >= 0.3 is 11.9 Å². The molecule has 9 heteroatoms. The highest BCUT2D eigenvalue weighted by molar-refractivity contribution is 5.87. The molecule has 0 saturated carbocycles. The molecule has 0 aromatic carbocycles. The van der Waals surface area contributed by atoms with Gasteiger partial charge in [-0.2, -0.15) is 0 Å². The van der Waals surface area contributed by atoms with Crippen LogP contribution in [0, 0.1) is 0 Å². The highest BCUT2D eigenvalue weighted by Crippen LogP contribution is 2.16. The van der Waals surface area contributed by atoms with Crippen LogP contribution in [0.4, 0.5) is 0 Å². The van der Waals surface area contributed by atoms with Crippen molar-refractivity contribution in [1.82, 2.24) is 10.6 Å². The molecule has 0 heterocycles. The van der Waals surface area contributed by atoms with Crippen LogP contribution in [-0.4, -0.2) is 59.3 Å². The summed E-state index contributed by atoms with van der Waals surface area (Å²) >= 11 is 0. The second kappa shape index (κ2) is 34.2. The molecule has 0 aromatic rings. The van der Waals surface area contributed by atoms with Gasteiger partial charge in [-0.1, -0.05) is 106 Å². The Balaban J connectivity index is 4.00. The first-order chi connectivity index (χ1) is 23.8. The number of carbonyl (C=O) groups is 4. The average molecular weight is 685 g/mol. The fourth-order valence-electron chi connectivity index (χ4n) is 4.64. The Labute approximate surface area is 295 Å². The van der Waals surface area contributed by atoms with Crippen molar-refractivity contribution in [1.29, 1.82) is 0 Å². The van der Waals surface area contributed by atoms with E-state index in [0.29, 0.717) is 12.8 Å². The van der Waals surface area contributed by atoms with Crippen molar-refractivity contribution < 1.29 is 34.1 Å². The van der Waals surface area contributed by atoms with E-state index in [2.05, 4.69) is 97.4 Å². The molecule has 2 unspecified atom stereocenters. The number of nitrogens with one attached hydrogen (secondary N) is 2. The third-order valence-electron chi connectivity index (χ3n) is 7.47. The number of aliphatic carboxylic acids is 1. The van der Waals surface area contributed by atoms with Crippen LogP contribution in [0.3, 0.4) is 0 Å². The Kier molecular flexibility index (Phi) is 31.6. The van der Waals surface area contributed by atoms with E-state index >= 15 is 0 Å². The SMILES string of the molecule is CC/C=C\C/C=C\C/C=C\C/C=C\C/C=C\C/C=C\CCCCC(=O)OC(CCCC)CCCCCC(=O)NCC(=O)NC(CO)C(=O)O. The average Bonchev–Trinajstić information content (AvgIpc) is 3.08. The van der Waals surface area contributed by atoms with Gasteiger partial charge in [0, 0.05) is 12.8 Å². The minimum absolute atomic E-state index is 0.109. The first kappa shape index (κ1) is 45.3. The maximum Gasteiger partial charge on any atom is 0.328 e. The van der Waals surface area contributed by atoms with Gasteiger partial charge in [0.05, 0.1) is 13.2 Å². The highest BCUT2D eigenvalue weighted by Gasteiger charge is 2.19. The maximum absolute atomic E-state index is 12.5. The Morgan fingerprint density at radius 3 is 1.69 bits per heavy atom. The third kappa shape index (κ3) is 31.3. The number of esters is 1. The summed E-state index contributed by atoms with van der Waals surface area (Å²) in [5.41, 5.74) is 0. The van der Waals surface area contributed by atoms with Gasteiger partial charge < -0.3 is 25.6 Å². The lowest BCUT2D eigenvalue weighted by atomic mass is 10.0. The summed E-state index contributed by atoms with van der Waals surface area (Å²) in [5, 5.41) is 22.4. The zero-order valence-corrected chi connectivity index (χ0v) is 30.2. The van der Waals surface area contributed by atoms with E-state index in [4.69, 9.17) is 14.9 Å². The van der Waals surface area contributed by atoms with Crippen molar-refractivity contribution in [2.45, 2.75) is 142 Å². The number of aliphatic hydroxyl groups excluding tert-OH is 1. The smallest absolute Gasteiger partial charge is 0.328 e. The second-order valence-electron chi connectivity index (χ2n) is 11.9. The third-order valence-corrected chi connectivity index (χ3v) is 7.47. The summed E-state index contributed by atoms with van der Waals surface area (Å²) in [6.45, 7) is 3.18. The number of amides is 2. The van der Waals surface area contributed by atoms with E-state index in [9.17, 15) is 19.2 Å². The Morgan fingerprint density at radius 1 is 0.633 bits per heavy atom. The highest BCUT2D eigenvalue weighted by atomic mass is 16.5. The zero-order chi connectivity index (χ0) is 36.2. The lowest BCUT2D eigenvalue weighted by Crippen LogP contribution is -2.47. The quantitative estimate of drug-likeness (QED) is 0.0330. The molecule has 0 spiro atoms. The van der Waals surface area contributed by atoms with E-state index in [1.54, 1.807) is 0 Å². The molecule has 0 aliphatic heterocycles. The fourth-order valence-corrected chi connectivity index (χ4v) is 4.64. The number of carbonyl (C=O) groups excluding carboxylic acids is 3. The molecule has 0 radical (unpaired) electrons. The molecule has 4 N–H and O–H groups in total. The predicted octanol–water partition coefficient (Wildman–Crippen LogP) is 7.97. The van der Waals surface area contributed by atoms with Gasteiger partial charge in [-0.3, -0.25) is 14.4 Å². The summed E-state index contributed by atoms with van der Waals surface area (Å²) < 4.78 is 5.78. The molecule has 0 bridgehead atoms. The standard InChI is InChI=1S/C40H64N2O7/c1-3-5-7-8-9-10-11-12-13-14-15-16-17-18-19-20-21-22-23-24-28-32-39(46)49-35(29-6-4-2)30-26-25-27-31-37(44)41-33-38(45)42-36(34-43)40(47)48/h5,7,9-10,12-13,15-16,18-19,21-22,35-36,43H,3-4,6,8,11,14,17,20,23-34H2,1-2H3,(H,41,44)(H,42,45)(H,47,48)/b7-5-,10-9-,13-12-,16-15-,19-18-,22-21-. The topological polar surface area (TPSA) is 142 Å². The van der Waals surface area contributed by atoms with Gasteiger partial charge in [-0.15, -0.1) is 0 Å². The van der Waals surface area contributed by atoms with Gasteiger partial charge in [-0.05, 0) is 83.5 Å². The molecule has 2 amide bonds. The molecule has 0 aliphatic carbocycles. The number of aliphatic hydroxyl groups is 1. The Morgan fingerprint density at radius 2 is 1.16 bits per heavy atom. The van der Waals surface area contributed by atoms with Gasteiger partial charge in [-0.25, -0.2) is 4.79 Å². The van der Waals surface area contributed by atoms with E-state index in [1.807, 2.05) is 0 Å². The molecule has 0 aromatic heterocycles. The zero-order valence-electron chi connectivity index (χ0n) is 30.2. The number of carboxylic acid groups (broad SMARTS) is 1. The summed E-state index contributed by atoms with van der Waals surface area (Å²) in [6, 6.07) is -1.40. The number of unbranched alkanes of at least 4 members (excludes halogenated alkanes) is 5.